The predicted octanol–water partition coefficient (Wildman–Crippen LogP) is 3.59. The van der Waals surface area contributed by atoms with Crippen LogP contribution in [0.25, 0.3) is 0 Å². The lowest BCUT2D eigenvalue weighted by molar-refractivity contribution is -0.246. The van der Waals surface area contributed by atoms with Crippen LogP contribution in [0.3, 0.4) is 0 Å². The molecule has 4 aliphatic carbocycles. The van der Waals surface area contributed by atoms with Gasteiger partial charge in [0, 0.05) is 25.2 Å². The van der Waals surface area contributed by atoms with Crippen molar-refractivity contribution in [2.24, 2.45) is 28.6 Å². The minimum Gasteiger partial charge on any atom is -0.462 e. The Morgan fingerprint density at radius 1 is 1.11 bits per heavy atom. The Morgan fingerprint density at radius 3 is 2.54 bits per heavy atom. The van der Waals surface area contributed by atoms with Crippen molar-refractivity contribution in [3.8, 4) is 0 Å². The zero-order chi connectivity index (χ0) is 19.7. The Kier molecular flexibility index (Phi) is 4.29. The molecule has 1 N–H and O–H groups in total. The van der Waals surface area contributed by atoms with E-state index in [-0.39, 0.29) is 28.8 Å². The van der Waals surface area contributed by atoms with E-state index in [2.05, 4.69) is 19.9 Å². The summed E-state index contributed by atoms with van der Waals surface area (Å²) < 4.78 is 17.9. The van der Waals surface area contributed by atoms with Gasteiger partial charge in [-0.2, -0.15) is 0 Å². The summed E-state index contributed by atoms with van der Waals surface area (Å²) in [7, 11) is 0. The Labute approximate surface area is 167 Å². The number of hydrogen-bond acceptors (Lipinski definition) is 5. The number of rotatable bonds is 1. The topological polar surface area (TPSA) is 65.0 Å². The molecule has 156 valence electrons. The van der Waals surface area contributed by atoms with Crippen LogP contribution in [0.2, 0.25) is 0 Å². The average molecular weight is 391 g/mol. The summed E-state index contributed by atoms with van der Waals surface area (Å²) in [5.74, 6) is 0.547. The van der Waals surface area contributed by atoms with Gasteiger partial charge in [-0.25, -0.2) is 0 Å². The highest BCUT2D eigenvalue weighted by molar-refractivity contribution is 5.66. The lowest BCUT2D eigenvalue weighted by Gasteiger charge is -2.59. The van der Waals surface area contributed by atoms with Crippen LogP contribution in [-0.2, 0) is 19.0 Å². The van der Waals surface area contributed by atoms with Gasteiger partial charge in [0.25, 0.3) is 0 Å². The third-order valence-corrected chi connectivity index (χ3v) is 9.21. The number of carbonyl (C=O) groups excluding carboxylic acids is 1. The third kappa shape index (κ3) is 2.45. The molecule has 5 aliphatic rings. The predicted molar refractivity (Wildman–Crippen MR) is 103 cm³/mol. The lowest BCUT2D eigenvalue weighted by Crippen LogP contribution is -2.58. The molecule has 0 bridgehead atoms. The second-order valence-electron chi connectivity index (χ2n) is 10.3. The van der Waals surface area contributed by atoms with Crippen LogP contribution in [0.4, 0.5) is 0 Å². The van der Waals surface area contributed by atoms with Crippen molar-refractivity contribution in [3.05, 3.63) is 11.6 Å². The highest BCUT2D eigenvalue weighted by atomic mass is 16.7. The number of fused-ring (bicyclic) bond motifs is 6. The maximum absolute atomic E-state index is 11.4. The Morgan fingerprint density at radius 2 is 1.82 bits per heavy atom. The molecule has 0 radical (unpaired) electrons. The quantitative estimate of drug-likeness (QED) is 0.547. The summed E-state index contributed by atoms with van der Waals surface area (Å²) in [5.41, 5.74) is 1.40. The molecule has 28 heavy (non-hydrogen) atoms. The van der Waals surface area contributed by atoms with E-state index < -0.39 is 11.9 Å². The fourth-order valence-corrected chi connectivity index (χ4v) is 7.84. The van der Waals surface area contributed by atoms with E-state index in [1.807, 2.05) is 0 Å². The van der Waals surface area contributed by atoms with Crippen LogP contribution in [0.1, 0.15) is 65.7 Å². The van der Waals surface area contributed by atoms with E-state index >= 15 is 0 Å². The molecule has 0 aromatic rings. The van der Waals surface area contributed by atoms with Crippen molar-refractivity contribution < 1.29 is 24.1 Å². The average Bonchev–Trinajstić information content (AvgIpc) is 3.23. The summed E-state index contributed by atoms with van der Waals surface area (Å²) >= 11 is 0. The van der Waals surface area contributed by atoms with Crippen molar-refractivity contribution in [2.45, 2.75) is 83.7 Å². The van der Waals surface area contributed by atoms with E-state index in [9.17, 15) is 9.90 Å². The van der Waals surface area contributed by atoms with Crippen molar-refractivity contribution in [2.75, 3.05) is 13.2 Å². The normalized spacial score (nSPS) is 49.1. The maximum atomic E-state index is 11.4. The van der Waals surface area contributed by atoms with Gasteiger partial charge in [0.2, 0.25) is 0 Å². The molecule has 5 nitrogen and oxygen atoms in total. The number of aliphatic hydroxyl groups is 1. The van der Waals surface area contributed by atoms with Gasteiger partial charge in [0.05, 0.1) is 19.3 Å². The van der Waals surface area contributed by atoms with Crippen molar-refractivity contribution in [1.82, 2.24) is 0 Å². The van der Waals surface area contributed by atoms with Gasteiger partial charge < -0.3 is 19.3 Å². The summed E-state index contributed by atoms with van der Waals surface area (Å²) in [5, 5.41) is 11.3. The first-order valence-electron chi connectivity index (χ1n) is 11.1. The van der Waals surface area contributed by atoms with Crippen LogP contribution in [-0.4, -0.2) is 42.3 Å². The molecular formula is C23H34O5. The molecule has 5 rings (SSSR count). The molecule has 4 fully saturated rings. The van der Waals surface area contributed by atoms with E-state index in [4.69, 9.17) is 14.2 Å². The van der Waals surface area contributed by atoms with Gasteiger partial charge in [0.15, 0.2) is 5.79 Å². The summed E-state index contributed by atoms with van der Waals surface area (Å²) in [6, 6.07) is 0. The van der Waals surface area contributed by atoms with Crippen molar-refractivity contribution >= 4 is 5.97 Å². The van der Waals surface area contributed by atoms with Gasteiger partial charge in [-0.05, 0) is 55.3 Å². The molecule has 0 amide bonds. The Hall–Kier alpha value is -0.910. The van der Waals surface area contributed by atoms with E-state index in [1.165, 1.54) is 12.5 Å². The van der Waals surface area contributed by atoms with E-state index in [0.29, 0.717) is 25.0 Å². The van der Waals surface area contributed by atoms with Crippen LogP contribution in [0, 0.1) is 28.6 Å². The molecule has 1 saturated heterocycles. The number of esters is 1. The summed E-state index contributed by atoms with van der Waals surface area (Å²) in [6.45, 7) is 7.61. The molecule has 7 atom stereocenters. The molecule has 3 saturated carbocycles. The molecule has 1 heterocycles. The zero-order valence-electron chi connectivity index (χ0n) is 17.4. The monoisotopic (exact) mass is 390 g/mol. The second kappa shape index (κ2) is 6.29. The fraction of sp³-hybridized carbons (Fsp3) is 0.870. The molecule has 1 aliphatic heterocycles. The number of aliphatic hydroxyl groups excluding tert-OH is 1. The first-order valence-corrected chi connectivity index (χ1v) is 11.1. The first kappa shape index (κ1) is 19.1. The highest BCUT2D eigenvalue weighted by Crippen LogP contribution is 2.68. The Bertz CT molecular complexity index is 695. The molecular weight excluding hydrogens is 356 g/mol. The molecule has 5 heteroatoms. The number of ether oxygens (including phenoxy) is 3. The molecule has 1 spiro atoms. The van der Waals surface area contributed by atoms with Crippen molar-refractivity contribution in [1.29, 1.82) is 0 Å². The minimum absolute atomic E-state index is 0.0116. The number of hydrogen-bond donors (Lipinski definition) is 1. The highest BCUT2D eigenvalue weighted by Gasteiger charge is 2.67. The van der Waals surface area contributed by atoms with Gasteiger partial charge in [-0.15, -0.1) is 0 Å². The standard InChI is InChI=1S/C23H34O5/c1-14(24)28-16-4-7-21(2)15(12-16)13-19(25)20-17(21)5-8-22(3)18(20)6-9-23(22)26-10-11-27-23/h13,16-20,25H,4-12H2,1-3H3/t16?,17?,18?,19-,20?,21?,22?/m0/s1. The summed E-state index contributed by atoms with van der Waals surface area (Å²) in [4.78, 5) is 11.4. The van der Waals surface area contributed by atoms with Crippen LogP contribution < -0.4 is 0 Å². The van der Waals surface area contributed by atoms with Gasteiger partial charge in [0.1, 0.15) is 6.10 Å². The van der Waals surface area contributed by atoms with E-state index in [0.717, 1.165) is 44.9 Å². The molecule has 0 aromatic heterocycles. The molecule has 0 aromatic carbocycles. The van der Waals surface area contributed by atoms with Gasteiger partial charge >= 0.3 is 5.97 Å². The lowest BCUT2D eigenvalue weighted by atomic mass is 9.47. The minimum atomic E-state index is -0.430. The zero-order valence-corrected chi connectivity index (χ0v) is 17.4. The van der Waals surface area contributed by atoms with Crippen LogP contribution in [0.15, 0.2) is 11.6 Å². The fourth-order valence-electron chi connectivity index (χ4n) is 7.84. The molecule has 6 unspecified atom stereocenters. The van der Waals surface area contributed by atoms with Crippen molar-refractivity contribution in [3.63, 3.8) is 0 Å². The van der Waals surface area contributed by atoms with Crippen LogP contribution in [0.5, 0.6) is 0 Å². The largest absolute Gasteiger partial charge is 0.462 e. The maximum Gasteiger partial charge on any atom is 0.302 e. The second-order valence-corrected chi connectivity index (χ2v) is 10.3. The van der Waals surface area contributed by atoms with Gasteiger partial charge in [-0.1, -0.05) is 25.5 Å². The third-order valence-electron chi connectivity index (χ3n) is 9.21. The number of carbonyl (C=O) groups is 1. The van der Waals surface area contributed by atoms with Gasteiger partial charge in [-0.3, -0.25) is 4.79 Å². The SMILES string of the molecule is CC(=O)OC1CCC2(C)C(=C[C@H](O)C3C2CCC2(C)C3CCC23OCCO3)C1. The first-order chi connectivity index (χ1) is 13.3. The summed E-state index contributed by atoms with van der Waals surface area (Å²) in [6.07, 6.45) is 8.61. The Balaban J connectivity index is 1.46. The smallest absolute Gasteiger partial charge is 0.302 e. The van der Waals surface area contributed by atoms with E-state index in [1.54, 1.807) is 0 Å². The van der Waals surface area contributed by atoms with Crippen LogP contribution >= 0.6 is 0 Å².